The fraction of sp³-hybridized carbons (Fsp3) is 0.0465. The van der Waals surface area contributed by atoms with Crippen LogP contribution in [-0.4, -0.2) is 38.1 Å². The van der Waals surface area contributed by atoms with Gasteiger partial charge >= 0.3 is 0 Å². The highest BCUT2D eigenvalue weighted by atomic mass is 16.5. The molecule has 0 saturated carbocycles. The maximum atomic E-state index is 5.45. The number of para-hydroxylation sites is 2. The van der Waals surface area contributed by atoms with Crippen molar-refractivity contribution >= 4 is 59.9 Å². The predicted molar refractivity (Wildman–Crippen MR) is 202 cm³/mol. The molecule has 0 radical (unpaired) electrons. The Balaban J connectivity index is 1.34. The number of methoxy groups -OCH3 is 2. The number of nitrogens with zero attached hydrogens (tertiary/aromatic N) is 5. The zero-order valence-electron chi connectivity index (χ0n) is 27.3. The van der Waals surface area contributed by atoms with E-state index in [-0.39, 0.29) is 0 Å². The van der Waals surface area contributed by atoms with Gasteiger partial charge in [-0.3, -0.25) is 4.57 Å². The largest absolute Gasteiger partial charge is 0.497 e. The Hall–Kier alpha value is -6.73. The summed E-state index contributed by atoms with van der Waals surface area (Å²) < 4.78 is 15.5. The van der Waals surface area contributed by atoms with Crippen LogP contribution >= 0.6 is 0 Å². The van der Waals surface area contributed by atoms with Crippen LogP contribution in [0.1, 0.15) is 0 Å². The lowest BCUT2D eigenvalue weighted by Gasteiger charge is -2.12. The van der Waals surface area contributed by atoms with Crippen LogP contribution in [0.25, 0.3) is 88.6 Å². The highest BCUT2D eigenvalue weighted by molar-refractivity contribution is 6.22. The molecule has 50 heavy (non-hydrogen) atoms. The van der Waals surface area contributed by atoms with Crippen molar-refractivity contribution in [3.8, 4) is 40.2 Å². The highest BCUT2D eigenvalue weighted by Gasteiger charge is 2.22. The van der Waals surface area contributed by atoms with Crippen molar-refractivity contribution in [1.82, 2.24) is 23.9 Å². The van der Waals surface area contributed by atoms with E-state index in [0.29, 0.717) is 17.6 Å². The van der Waals surface area contributed by atoms with Crippen molar-refractivity contribution in [2.45, 2.75) is 0 Å². The molecular formula is C43H29N5O2. The molecule has 0 N–H and O–H groups in total. The Morgan fingerprint density at radius 3 is 1.52 bits per heavy atom. The van der Waals surface area contributed by atoms with Gasteiger partial charge in [0, 0.05) is 38.1 Å². The van der Waals surface area contributed by atoms with E-state index in [1.807, 2.05) is 48.5 Å². The third-order valence-electron chi connectivity index (χ3n) is 9.77. The first-order valence-electron chi connectivity index (χ1n) is 16.5. The van der Waals surface area contributed by atoms with Gasteiger partial charge < -0.3 is 13.9 Å². The molecule has 0 fully saturated rings. The summed E-state index contributed by atoms with van der Waals surface area (Å²) in [5, 5.41) is 7.06. The fourth-order valence-corrected chi connectivity index (χ4v) is 7.45. The maximum Gasteiger partial charge on any atom is 0.238 e. The molecule has 0 aliphatic rings. The number of aromatic nitrogens is 5. The van der Waals surface area contributed by atoms with Crippen LogP contribution in [0.5, 0.6) is 11.5 Å². The molecule has 7 heteroatoms. The number of benzene rings is 6. The van der Waals surface area contributed by atoms with E-state index < -0.39 is 0 Å². The number of hydrogen-bond acceptors (Lipinski definition) is 5. The Morgan fingerprint density at radius 1 is 0.420 bits per heavy atom. The van der Waals surface area contributed by atoms with Crippen LogP contribution in [0.2, 0.25) is 0 Å². The highest BCUT2D eigenvalue weighted by Crippen LogP contribution is 2.40. The smallest absolute Gasteiger partial charge is 0.238 e. The number of hydrogen-bond donors (Lipinski definition) is 0. The summed E-state index contributed by atoms with van der Waals surface area (Å²) >= 11 is 0. The van der Waals surface area contributed by atoms with Crippen LogP contribution in [-0.2, 0) is 0 Å². The molecule has 7 nitrogen and oxygen atoms in total. The number of ether oxygens (including phenoxy) is 2. The second kappa shape index (κ2) is 10.9. The van der Waals surface area contributed by atoms with Crippen molar-refractivity contribution < 1.29 is 9.47 Å². The average molecular weight is 648 g/mol. The Labute approximate surface area is 286 Å². The summed E-state index contributed by atoms with van der Waals surface area (Å²) in [4.78, 5) is 15.4. The molecule has 0 bridgehead atoms. The van der Waals surface area contributed by atoms with Crippen molar-refractivity contribution in [3.63, 3.8) is 0 Å². The predicted octanol–water partition coefficient (Wildman–Crippen LogP) is 10.0. The Morgan fingerprint density at radius 2 is 0.920 bits per heavy atom. The second-order valence-corrected chi connectivity index (χ2v) is 12.4. The summed E-state index contributed by atoms with van der Waals surface area (Å²) in [6.07, 6.45) is 0. The van der Waals surface area contributed by atoms with Gasteiger partial charge in [0.25, 0.3) is 0 Å². The van der Waals surface area contributed by atoms with Crippen LogP contribution in [0.15, 0.2) is 140 Å². The third kappa shape index (κ3) is 4.13. The second-order valence-electron chi connectivity index (χ2n) is 12.4. The Bertz CT molecular complexity index is 2880. The number of fused-ring (bicyclic) bond motifs is 12. The fourth-order valence-electron chi connectivity index (χ4n) is 7.45. The minimum Gasteiger partial charge on any atom is -0.497 e. The summed E-state index contributed by atoms with van der Waals surface area (Å²) in [6.45, 7) is 0. The molecule has 238 valence electrons. The quantitative estimate of drug-likeness (QED) is 0.174. The van der Waals surface area contributed by atoms with Crippen LogP contribution in [0, 0.1) is 0 Å². The topological polar surface area (TPSA) is 66.5 Å². The van der Waals surface area contributed by atoms with Gasteiger partial charge in [-0.1, -0.05) is 66.7 Å². The van der Waals surface area contributed by atoms with Crippen LogP contribution in [0.4, 0.5) is 0 Å². The third-order valence-corrected chi connectivity index (χ3v) is 9.77. The standard InChI is InChI=1S/C43H29N5O2/c1-49-28-19-15-26(16-20-28)41-44-42(27-17-21-29(50-2)22-18-27)46-43(45-41)48-37-14-8-6-12-33(37)34-23-24-38-35(40(34)48)25-39-32-11-4-3-9-30(32)31-10-5-7-13-36(31)47(38)39/h3-25H,1-2H3. The first kappa shape index (κ1) is 28.3. The lowest BCUT2D eigenvalue weighted by atomic mass is 10.1. The van der Waals surface area contributed by atoms with Crippen molar-refractivity contribution in [1.29, 1.82) is 0 Å². The molecule has 0 aliphatic heterocycles. The van der Waals surface area contributed by atoms with Crippen molar-refractivity contribution in [3.05, 3.63) is 140 Å². The van der Waals surface area contributed by atoms with Gasteiger partial charge in [-0.15, -0.1) is 0 Å². The van der Waals surface area contributed by atoms with Gasteiger partial charge in [0.2, 0.25) is 5.95 Å². The van der Waals surface area contributed by atoms with E-state index in [4.69, 9.17) is 24.4 Å². The molecule has 0 unspecified atom stereocenters. The summed E-state index contributed by atoms with van der Waals surface area (Å²) in [7, 11) is 3.33. The van der Waals surface area contributed by atoms with Crippen molar-refractivity contribution in [2.75, 3.05) is 14.2 Å². The number of pyridine rings is 1. The maximum absolute atomic E-state index is 5.45. The van der Waals surface area contributed by atoms with E-state index >= 15 is 0 Å². The molecule has 0 spiro atoms. The molecule has 4 heterocycles. The minimum absolute atomic E-state index is 0.542. The molecule has 0 saturated heterocycles. The summed E-state index contributed by atoms with van der Waals surface area (Å²) in [5.41, 5.74) is 7.25. The lowest BCUT2D eigenvalue weighted by molar-refractivity contribution is 0.415. The lowest BCUT2D eigenvalue weighted by Crippen LogP contribution is -2.06. The van der Waals surface area contributed by atoms with Gasteiger partial charge in [-0.05, 0) is 78.2 Å². The summed E-state index contributed by atoms with van der Waals surface area (Å²) in [6, 6.07) is 48.3. The van der Waals surface area contributed by atoms with E-state index in [9.17, 15) is 0 Å². The molecule has 0 amide bonds. The molecule has 10 rings (SSSR count). The molecule has 4 aromatic heterocycles. The Kier molecular flexibility index (Phi) is 6.17. The minimum atomic E-state index is 0.542. The van der Waals surface area contributed by atoms with E-state index in [1.165, 1.54) is 21.7 Å². The molecule has 10 aromatic rings. The average Bonchev–Trinajstić information content (AvgIpc) is 3.75. The molecule has 0 aliphatic carbocycles. The zero-order chi connectivity index (χ0) is 33.3. The van der Waals surface area contributed by atoms with Gasteiger partial charge in [0.05, 0.1) is 41.8 Å². The van der Waals surface area contributed by atoms with Crippen LogP contribution in [0.3, 0.4) is 0 Å². The van der Waals surface area contributed by atoms with Gasteiger partial charge in [0.15, 0.2) is 11.6 Å². The van der Waals surface area contributed by atoms with Crippen LogP contribution < -0.4 is 9.47 Å². The normalized spacial score (nSPS) is 11.8. The molecule has 0 atom stereocenters. The van der Waals surface area contributed by atoms with Crippen molar-refractivity contribution in [2.24, 2.45) is 0 Å². The van der Waals surface area contributed by atoms with E-state index in [1.54, 1.807) is 14.2 Å². The van der Waals surface area contributed by atoms with E-state index in [0.717, 1.165) is 60.9 Å². The number of rotatable bonds is 5. The first-order valence-corrected chi connectivity index (χ1v) is 16.5. The monoisotopic (exact) mass is 647 g/mol. The first-order chi connectivity index (χ1) is 24.7. The van der Waals surface area contributed by atoms with E-state index in [2.05, 4.69) is 100.0 Å². The zero-order valence-corrected chi connectivity index (χ0v) is 27.3. The summed E-state index contributed by atoms with van der Waals surface area (Å²) in [5.74, 6) is 3.22. The SMILES string of the molecule is COc1ccc(-c2nc(-c3ccc(OC)cc3)nc(-n3c4ccccc4c4ccc5c(cc6c7ccccc7c7ccccc7n65)c43)n2)cc1. The molecule has 6 aromatic carbocycles. The van der Waals surface area contributed by atoms with Gasteiger partial charge in [-0.2, -0.15) is 9.97 Å². The molecular weight excluding hydrogens is 619 g/mol. The van der Waals surface area contributed by atoms with Gasteiger partial charge in [0.1, 0.15) is 11.5 Å². The van der Waals surface area contributed by atoms with Gasteiger partial charge in [-0.25, -0.2) is 4.98 Å².